The van der Waals surface area contributed by atoms with Gasteiger partial charge >= 0.3 is 0 Å². The van der Waals surface area contributed by atoms with Gasteiger partial charge in [0.2, 0.25) is 0 Å². The minimum atomic E-state index is 0. The van der Waals surface area contributed by atoms with Crippen molar-refractivity contribution in [3.8, 4) is 0 Å². The maximum atomic E-state index is 6.11. The molecule has 0 aliphatic rings. The molecule has 0 radical (unpaired) electrons. The van der Waals surface area contributed by atoms with Crippen molar-refractivity contribution >= 4 is 44.3 Å². The highest BCUT2D eigenvalue weighted by atomic mass is 79.9. The van der Waals surface area contributed by atoms with Crippen molar-refractivity contribution in [1.82, 2.24) is 0 Å². The summed E-state index contributed by atoms with van der Waals surface area (Å²) < 4.78 is 2.14. The maximum Gasteiger partial charge on any atom is 0.0306 e. The molecule has 0 aliphatic heterocycles. The molecule has 4 N–H and O–H groups in total. The van der Waals surface area contributed by atoms with Gasteiger partial charge in [-0.3, -0.25) is 0 Å². The van der Waals surface area contributed by atoms with Crippen LogP contribution in [-0.4, -0.2) is 6.54 Å². The second kappa shape index (κ2) is 8.48. The number of unbranched alkanes of at least 4 members (excludes halogenated alkanes) is 1. The average molecular weight is 373 g/mol. The first-order chi connectivity index (χ1) is 7.15. The van der Waals surface area contributed by atoms with Crippen LogP contribution >= 0.6 is 44.3 Å². The number of halogens is 3. The molecule has 0 saturated heterocycles. The second-order valence-corrected chi connectivity index (χ2v) is 5.33. The Balaban J connectivity index is 0.00000225. The highest BCUT2D eigenvalue weighted by Gasteiger charge is 2.09. The third-order valence-electron chi connectivity index (χ3n) is 2.33. The van der Waals surface area contributed by atoms with E-state index in [2.05, 4.69) is 37.9 Å². The number of hydrogen-bond acceptors (Lipinski definition) is 2. The lowest BCUT2D eigenvalue weighted by Gasteiger charge is -2.14. The van der Waals surface area contributed by atoms with Crippen molar-refractivity contribution in [2.45, 2.75) is 25.3 Å². The molecule has 0 heterocycles. The van der Waals surface area contributed by atoms with Gasteiger partial charge in [0.15, 0.2) is 0 Å². The van der Waals surface area contributed by atoms with E-state index in [1.54, 1.807) is 0 Å². The fraction of sp³-hybridized carbons (Fsp3) is 0.455. The molecule has 16 heavy (non-hydrogen) atoms. The molecular weight excluding hydrogens is 355 g/mol. The normalized spacial score (nSPS) is 12.0. The molecule has 0 bridgehead atoms. The molecule has 1 rings (SSSR count). The van der Waals surface area contributed by atoms with Crippen LogP contribution in [0.15, 0.2) is 27.1 Å². The van der Waals surface area contributed by atoms with E-state index in [0.29, 0.717) is 0 Å². The Labute approximate surface area is 120 Å². The zero-order chi connectivity index (χ0) is 11.3. The molecule has 0 fully saturated rings. The highest BCUT2D eigenvalue weighted by molar-refractivity contribution is 9.11. The van der Waals surface area contributed by atoms with Gasteiger partial charge < -0.3 is 11.5 Å². The van der Waals surface area contributed by atoms with E-state index in [1.165, 1.54) is 0 Å². The van der Waals surface area contributed by atoms with Crippen LogP contribution < -0.4 is 11.5 Å². The van der Waals surface area contributed by atoms with Gasteiger partial charge in [-0.2, -0.15) is 0 Å². The third kappa shape index (κ3) is 5.15. The van der Waals surface area contributed by atoms with E-state index < -0.39 is 0 Å². The lowest BCUT2D eigenvalue weighted by atomic mass is 10.0. The molecule has 0 aromatic heterocycles. The van der Waals surface area contributed by atoms with Crippen LogP contribution in [-0.2, 0) is 0 Å². The molecule has 1 aromatic rings. The van der Waals surface area contributed by atoms with Crippen LogP contribution in [0, 0.1) is 0 Å². The van der Waals surface area contributed by atoms with Crippen molar-refractivity contribution < 1.29 is 0 Å². The fourth-order valence-corrected chi connectivity index (χ4v) is 2.38. The summed E-state index contributed by atoms with van der Waals surface area (Å²) in [6.45, 7) is 0.742. The average Bonchev–Trinajstić information content (AvgIpc) is 2.22. The van der Waals surface area contributed by atoms with Crippen molar-refractivity contribution in [3.05, 3.63) is 32.7 Å². The van der Waals surface area contributed by atoms with Crippen LogP contribution in [0.4, 0.5) is 0 Å². The van der Waals surface area contributed by atoms with E-state index in [0.717, 1.165) is 40.3 Å². The molecule has 0 spiro atoms. The SMILES string of the molecule is Cl.NCCCC[C@@H](N)c1cc(Br)ccc1Br. The van der Waals surface area contributed by atoms with E-state index in [9.17, 15) is 0 Å². The van der Waals surface area contributed by atoms with Gasteiger partial charge in [0.1, 0.15) is 0 Å². The van der Waals surface area contributed by atoms with Crippen molar-refractivity contribution in [1.29, 1.82) is 0 Å². The molecular formula is C11H17Br2ClN2. The first-order valence-corrected chi connectivity index (χ1v) is 6.64. The maximum absolute atomic E-state index is 6.11. The first-order valence-electron chi connectivity index (χ1n) is 5.05. The van der Waals surface area contributed by atoms with Gasteiger partial charge in [-0.15, -0.1) is 12.4 Å². The molecule has 0 saturated carbocycles. The minimum Gasteiger partial charge on any atom is -0.330 e. The summed E-state index contributed by atoms with van der Waals surface area (Å²) in [5, 5.41) is 0. The Hall–Kier alpha value is 0.390. The minimum absolute atomic E-state index is 0. The summed E-state index contributed by atoms with van der Waals surface area (Å²) in [5.41, 5.74) is 12.7. The van der Waals surface area contributed by atoms with Crippen LogP contribution in [0.25, 0.3) is 0 Å². The fourth-order valence-electron chi connectivity index (χ4n) is 1.46. The van der Waals surface area contributed by atoms with Gasteiger partial charge in [0.25, 0.3) is 0 Å². The molecule has 0 aliphatic carbocycles. The monoisotopic (exact) mass is 370 g/mol. The summed E-state index contributed by atoms with van der Waals surface area (Å²) >= 11 is 6.96. The predicted octanol–water partition coefficient (Wildman–Crippen LogP) is 3.76. The van der Waals surface area contributed by atoms with E-state index in [1.807, 2.05) is 12.1 Å². The van der Waals surface area contributed by atoms with Crippen LogP contribution in [0.2, 0.25) is 0 Å². The van der Waals surface area contributed by atoms with Crippen LogP contribution in [0.1, 0.15) is 30.9 Å². The van der Waals surface area contributed by atoms with Gasteiger partial charge in [-0.25, -0.2) is 0 Å². The smallest absolute Gasteiger partial charge is 0.0306 e. The zero-order valence-corrected chi connectivity index (χ0v) is 12.9. The molecule has 1 aromatic carbocycles. The van der Waals surface area contributed by atoms with Gasteiger partial charge in [0.05, 0.1) is 0 Å². The number of hydrogen-bond donors (Lipinski definition) is 2. The molecule has 0 amide bonds. The highest BCUT2D eigenvalue weighted by Crippen LogP contribution is 2.28. The first kappa shape index (κ1) is 16.4. The number of benzene rings is 1. The molecule has 2 nitrogen and oxygen atoms in total. The zero-order valence-electron chi connectivity index (χ0n) is 8.96. The Morgan fingerprint density at radius 2 is 1.88 bits per heavy atom. The Morgan fingerprint density at radius 3 is 2.50 bits per heavy atom. The lowest BCUT2D eigenvalue weighted by molar-refractivity contribution is 0.589. The van der Waals surface area contributed by atoms with E-state index in [-0.39, 0.29) is 18.4 Å². The second-order valence-electron chi connectivity index (χ2n) is 3.56. The Bertz CT molecular complexity index is 321. The molecule has 92 valence electrons. The summed E-state index contributed by atoms with van der Waals surface area (Å²) in [6, 6.07) is 6.17. The third-order valence-corrected chi connectivity index (χ3v) is 3.54. The summed E-state index contributed by atoms with van der Waals surface area (Å²) in [4.78, 5) is 0. The summed E-state index contributed by atoms with van der Waals surface area (Å²) in [6.07, 6.45) is 3.10. The van der Waals surface area contributed by atoms with Crippen molar-refractivity contribution in [3.63, 3.8) is 0 Å². The summed E-state index contributed by atoms with van der Waals surface area (Å²) in [5.74, 6) is 0. The Kier molecular flexibility index (Phi) is 8.68. The Morgan fingerprint density at radius 1 is 1.19 bits per heavy atom. The topological polar surface area (TPSA) is 52.0 Å². The predicted molar refractivity (Wildman–Crippen MR) is 78.9 cm³/mol. The largest absolute Gasteiger partial charge is 0.330 e. The number of nitrogens with two attached hydrogens (primary N) is 2. The van der Waals surface area contributed by atoms with E-state index >= 15 is 0 Å². The quantitative estimate of drug-likeness (QED) is 0.773. The van der Waals surface area contributed by atoms with Gasteiger partial charge in [0, 0.05) is 15.0 Å². The van der Waals surface area contributed by atoms with Gasteiger partial charge in [-0.05, 0) is 43.1 Å². The number of rotatable bonds is 5. The lowest BCUT2D eigenvalue weighted by Crippen LogP contribution is -2.11. The standard InChI is InChI=1S/C11H16Br2N2.ClH/c12-8-4-5-10(13)9(7-8)11(15)3-1-2-6-14;/h4-5,7,11H,1-3,6,14-15H2;1H/t11-;/m1./s1. The summed E-state index contributed by atoms with van der Waals surface area (Å²) in [7, 11) is 0. The van der Waals surface area contributed by atoms with Crippen molar-refractivity contribution in [2.24, 2.45) is 11.5 Å². The molecule has 5 heteroatoms. The van der Waals surface area contributed by atoms with Crippen LogP contribution in [0.5, 0.6) is 0 Å². The van der Waals surface area contributed by atoms with Crippen LogP contribution in [0.3, 0.4) is 0 Å². The molecule has 0 unspecified atom stereocenters. The van der Waals surface area contributed by atoms with Crippen molar-refractivity contribution in [2.75, 3.05) is 6.54 Å². The van der Waals surface area contributed by atoms with Gasteiger partial charge in [-0.1, -0.05) is 38.3 Å². The van der Waals surface area contributed by atoms with E-state index in [4.69, 9.17) is 11.5 Å². The molecule has 1 atom stereocenters.